The first-order valence-corrected chi connectivity index (χ1v) is 8.85. The molecule has 1 amide bonds. The minimum Gasteiger partial charge on any atom is -0.493 e. The topological polar surface area (TPSA) is 38.3 Å². The van der Waals surface area contributed by atoms with Crippen molar-refractivity contribution in [3.8, 4) is 5.75 Å². The maximum absolute atomic E-state index is 12.1. The van der Waals surface area contributed by atoms with Gasteiger partial charge in [-0.25, -0.2) is 0 Å². The predicted molar refractivity (Wildman–Crippen MR) is 98.7 cm³/mol. The van der Waals surface area contributed by atoms with Crippen molar-refractivity contribution in [2.75, 3.05) is 17.7 Å². The third-order valence-electron chi connectivity index (χ3n) is 3.19. The molecule has 0 heterocycles. The van der Waals surface area contributed by atoms with Crippen molar-refractivity contribution in [2.24, 2.45) is 0 Å². The van der Waals surface area contributed by atoms with Crippen LogP contribution in [0, 0.1) is 6.92 Å². The molecule has 2 aromatic carbocycles. The van der Waals surface area contributed by atoms with Crippen molar-refractivity contribution in [2.45, 2.75) is 19.1 Å². The van der Waals surface area contributed by atoms with Crippen LogP contribution in [0.3, 0.4) is 0 Å². The summed E-state index contributed by atoms with van der Waals surface area (Å²) in [6.07, 6.45) is 0. The van der Waals surface area contributed by atoms with E-state index in [4.69, 9.17) is 16.3 Å². The molecule has 0 saturated carbocycles. The molecule has 3 nitrogen and oxygen atoms in total. The van der Waals surface area contributed by atoms with Crippen molar-refractivity contribution in [3.63, 3.8) is 0 Å². The number of ether oxygens (including phenoxy) is 1. The second kappa shape index (κ2) is 8.85. The van der Waals surface area contributed by atoms with Crippen LogP contribution in [0.15, 0.2) is 48.5 Å². The Labute approximate surface area is 146 Å². The number of amides is 1. The van der Waals surface area contributed by atoms with Gasteiger partial charge in [-0.05, 0) is 55.8 Å². The van der Waals surface area contributed by atoms with E-state index >= 15 is 0 Å². The smallest absolute Gasteiger partial charge is 0.237 e. The number of benzene rings is 2. The molecule has 0 radical (unpaired) electrons. The number of carbonyl (C=O) groups excluding carboxylic acids is 1. The van der Waals surface area contributed by atoms with E-state index < -0.39 is 0 Å². The highest BCUT2D eigenvalue weighted by molar-refractivity contribution is 8.00. The minimum absolute atomic E-state index is 0.00657. The molecule has 5 heteroatoms. The zero-order valence-electron chi connectivity index (χ0n) is 13.2. The molecule has 0 aromatic heterocycles. The number of hydrogen-bond donors (Lipinski definition) is 1. The van der Waals surface area contributed by atoms with Gasteiger partial charge < -0.3 is 10.1 Å². The Bertz CT molecular complexity index is 646. The second-order valence-corrected chi connectivity index (χ2v) is 7.06. The molecule has 0 bridgehead atoms. The van der Waals surface area contributed by atoms with E-state index in [0.29, 0.717) is 11.6 Å². The molecule has 0 aliphatic rings. The van der Waals surface area contributed by atoms with E-state index in [1.807, 2.05) is 50.2 Å². The number of anilines is 1. The van der Waals surface area contributed by atoms with Gasteiger partial charge in [-0.1, -0.05) is 23.7 Å². The lowest BCUT2D eigenvalue weighted by molar-refractivity contribution is -0.115. The van der Waals surface area contributed by atoms with Gasteiger partial charge in [-0.2, -0.15) is 0 Å². The fourth-order valence-electron chi connectivity index (χ4n) is 1.96. The maximum atomic E-state index is 12.1. The van der Waals surface area contributed by atoms with Crippen molar-refractivity contribution >= 4 is 35.0 Å². The Morgan fingerprint density at radius 1 is 1.26 bits per heavy atom. The zero-order chi connectivity index (χ0) is 16.7. The molecule has 0 aliphatic carbocycles. The minimum atomic E-state index is -0.135. The Kier molecular flexibility index (Phi) is 6.81. The Morgan fingerprint density at radius 2 is 2.00 bits per heavy atom. The monoisotopic (exact) mass is 349 g/mol. The molecule has 1 atom stereocenters. The number of hydrogen-bond acceptors (Lipinski definition) is 3. The summed E-state index contributed by atoms with van der Waals surface area (Å²) in [7, 11) is 0. The lowest BCUT2D eigenvalue weighted by Gasteiger charge is -2.13. The van der Waals surface area contributed by atoms with Crippen LogP contribution < -0.4 is 10.1 Å². The van der Waals surface area contributed by atoms with Crippen molar-refractivity contribution < 1.29 is 9.53 Å². The van der Waals surface area contributed by atoms with Gasteiger partial charge in [0, 0.05) is 16.5 Å². The molecular weight excluding hydrogens is 330 g/mol. The van der Waals surface area contributed by atoms with E-state index in [9.17, 15) is 4.79 Å². The van der Waals surface area contributed by atoms with E-state index in [2.05, 4.69) is 5.32 Å². The lowest BCUT2D eigenvalue weighted by Crippen LogP contribution is -2.23. The Balaban J connectivity index is 1.70. The van der Waals surface area contributed by atoms with Crippen molar-refractivity contribution in [1.29, 1.82) is 0 Å². The highest BCUT2D eigenvalue weighted by atomic mass is 35.5. The van der Waals surface area contributed by atoms with Gasteiger partial charge in [0.2, 0.25) is 5.91 Å². The number of thioether (sulfide) groups is 1. The summed E-state index contributed by atoms with van der Waals surface area (Å²) in [5.74, 6) is 1.53. The summed E-state index contributed by atoms with van der Waals surface area (Å²) < 4.78 is 5.61. The van der Waals surface area contributed by atoms with E-state index in [-0.39, 0.29) is 11.2 Å². The van der Waals surface area contributed by atoms with Crippen LogP contribution in [0.2, 0.25) is 5.02 Å². The first-order chi connectivity index (χ1) is 11.0. The third kappa shape index (κ3) is 6.16. The first kappa shape index (κ1) is 17.7. The molecule has 122 valence electrons. The van der Waals surface area contributed by atoms with Crippen molar-refractivity contribution in [3.05, 3.63) is 59.1 Å². The summed E-state index contributed by atoms with van der Waals surface area (Å²) in [6, 6.07) is 15.0. The second-order valence-electron chi connectivity index (χ2n) is 5.17. The maximum Gasteiger partial charge on any atom is 0.237 e. The van der Waals surface area contributed by atoms with Gasteiger partial charge >= 0.3 is 0 Å². The standard InChI is InChI=1S/C18H20ClNO2S/c1-13-4-3-5-16(12-13)20-18(21)14(2)23-11-10-22-17-8-6-15(19)7-9-17/h3-9,12,14H,10-11H2,1-2H3,(H,20,21)/t14-/m1/s1. The average molecular weight is 350 g/mol. The van der Waals surface area contributed by atoms with Gasteiger partial charge in [0.25, 0.3) is 0 Å². The lowest BCUT2D eigenvalue weighted by atomic mass is 10.2. The predicted octanol–water partition coefficient (Wildman–Crippen LogP) is 4.79. The number of halogens is 1. The molecular formula is C18H20ClNO2S. The highest BCUT2D eigenvalue weighted by Gasteiger charge is 2.13. The van der Waals surface area contributed by atoms with Crippen LogP contribution in [0.25, 0.3) is 0 Å². The van der Waals surface area contributed by atoms with Gasteiger partial charge in [-0.3, -0.25) is 4.79 Å². The normalized spacial score (nSPS) is 11.8. The fraction of sp³-hybridized carbons (Fsp3) is 0.278. The SMILES string of the molecule is Cc1cccc(NC(=O)[C@@H](C)SCCOc2ccc(Cl)cc2)c1. The Morgan fingerprint density at radius 3 is 2.70 bits per heavy atom. The molecule has 2 rings (SSSR count). The average Bonchev–Trinajstić information content (AvgIpc) is 2.53. The van der Waals surface area contributed by atoms with Gasteiger partial charge in [0.15, 0.2) is 0 Å². The van der Waals surface area contributed by atoms with Gasteiger partial charge in [0.1, 0.15) is 5.75 Å². The van der Waals surface area contributed by atoms with Crippen LogP contribution in [-0.2, 0) is 4.79 Å². The number of nitrogens with one attached hydrogen (secondary N) is 1. The summed E-state index contributed by atoms with van der Waals surface area (Å²) in [4.78, 5) is 12.1. The largest absolute Gasteiger partial charge is 0.493 e. The zero-order valence-corrected chi connectivity index (χ0v) is 14.8. The van der Waals surface area contributed by atoms with Crippen LogP contribution >= 0.6 is 23.4 Å². The fourth-order valence-corrected chi connectivity index (χ4v) is 2.83. The molecule has 1 N–H and O–H groups in total. The summed E-state index contributed by atoms with van der Waals surface area (Å²) in [5.41, 5.74) is 1.96. The highest BCUT2D eigenvalue weighted by Crippen LogP contribution is 2.18. The summed E-state index contributed by atoms with van der Waals surface area (Å²) in [6.45, 7) is 4.45. The molecule has 0 unspecified atom stereocenters. The van der Waals surface area contributed by atoms with Crippen LogP contribution in [0.4, 0.5) is 5.69 Å². The number of carbonyl (C=O) groups is 1. The molecule has 23 heavy (non-hydrogen) atoms. The molecule has 0 fully saturated rings. The first-order valence-electron chi connectivity index (χ1n) is 7.42. The number of aryl methyl sites for hydroxylation is 1. The van der Waals surface area contributed by atoms with E-state index in [1.165, 1.54) is 0 Å². The van der Waals surface area contributed by atoms with Gasteiger partial charge in [-0.15, -0.1) is 11.8 Å². The van der Waals surface area contributed by atoms with E-state index in [0.717, 1.165) is 22.8 Å². The molecule has 2 aromatic rings. The van der Waals surface area contributed by atoms with E-state index in [1.54, 1.807) is 23.9 Å². The molecule has 0 aliphatic heterocycles. The summed E-state index contributed by atoms with van der Waals surface area (Å²) in [5, 5.41) is 3.49. The molecule has 0 saturated heterocycles. The quantitative estimate of drug-likeness (QED) is 0.730. The van der Waals surface area contributed by atoms with Crippen molar-refractivity contribution in [1.82, 2.24) is 0 Å². The third-order valence-corrected chi connectivity index (χ3v) is 4.56. The van der Waals surface area contributed by atoms with Crippen LogP contribution in [0.1, 0.15) is 12.5 Å². The van der Waals surface area contributed by atoms with Crippen LogP contribution in [-0.4, -0.2) is 23.5 Å². The molecule has 0 spiro atoms. The summed E-state index contributed by atoms with van der Waals surface area (Å²) >= 11 is 7.39. The number of rotatable bonds is 7. The van der Waals surface area contributed by atoms with Crippen LogP contribution in [0.5, 0.6) is 5.75 Å². The Hall–Kier alpha value is -1.65. The van der Waals surface area contributed by atoms with Gasteiger partial charge in [0.05, 0.1) is 11.9 Å².